The Kier molecular flexibility index (Phi) is 5.60. The topological polar surface area (TPSA) is 67.4 Å². The molecule has 0 heterocycles. The summed E-state index contributed by atoms with van der Waals surface area (Å²) in [6.45, 7) is 0. The monoisotopic (exact) mass is 290 g/mol. The lowest BCUT2D eigenvalue weighted by Crippen LogP contribution is -2.41. The second-order valence-corrected chi connectivity index (χ2v) is 5.32. The minimum Gasteiger partial charge on any atom is -0.495 e. The first-order chi connectivity index (χ1) is 10.2. The number of carbonyl (C=O) groups excluding carboxylic acids is 2. The van der Waals surface area contributed by atoms with Crippen LogP contribution in [-0.2, 0) is 9.59 Å². The summed E-state index contributed by atoms with van der Waals surface area (Å²) in [5.74, 6) is -0.690. The fourth-order valence-corrected chi connectivity index (χ4v) is 2.60. The van der Waals surface area contributed by atoms with Crippen molar-refractivity contribution in [3.05, 3.63) is 24.3 Å². The van der Waals surface area contributed by atoms with Gasteiger partial charge < -0.3 is 15.4 Å². The van der Waals surface area contributed by atoms with Crippen molar-refractivity contribution in [3.8, 4) is 5.75 Å². The summed E-state index contributed by atoms with van der Waals surface area (Å²) in [5.41, 5.74) is 0.501. The summed E-state index contributed by atoms with van der Waals surface area (Å²) in [7, 11) is 1.52. The van der Waals surface area contributed by atoms with E-state index < -0.39 is 11.8 Å². The number of rotatable bonds is 3. The number of methoxy groups -OCH3 is 1. The number of para-hydroxylation sites is 2. The van der Waals surface area contributed by atoms with Gasteiger partial charge in [0.15, 0.2) is 0 Å². The SMILES string of the molecule is COc1ccccc1NC(=O)C(=O)NC1CCCCCC1. The summed E-state index contributed by atoms with van der Waals surface area (Å²) >= 11 is 0. The Labute approximate surface area is 125 Å². The first-order valence-corrected chi connectivity index (χ1v) is 7.45. The van der Waals surface area contributed by atoms with E-state index in [2.05, 4.69) is 10.6 Å². The van der Waals surface area contributed by atoms with Crippen molar-refractivity contribution >= 4 is 17.5 Å². The van der Waals surface area contributed by atoms with Gasteiger partial charge in [0.05, 0.1) is 12.8 Å². The molecule has 0 bridgehead atoms. The molecule has 0 atom stereocenters. The molecule has 0 radical (unpaired) electrons. The van der Waals surface area contributed by atoms with Crippen LogP contribution in [0.2, 0.25) is 0 Å². The van der Waals surface area contributed by atoms with Crippen molar-refractivity contribution in [1.82, 2.24) is 5.32 Å². The van der Waals surface area contributed by atoms with Crippen molar-refractivity contribution in [2.24, 2.45) is 0 Å². The van der Waals surface area contributed by atoms with Gasteiger partial charge in [-0.2, -0.15) is 0 Å². The van der Waals surface area contributed by atoms with Crippen LogP contribution in [0.4, 0.5) is 5.69 Å². The molecule has 0 unspecified atom stereocenters. The minimum atomic E-state index is -0.649. The molecule has 0 spiro atoms. The van der Waals surface area contributed by atoms with Gasteiger partial charge in [0.1, 0.15) is 5.75 Å². The highest BCUT2D eigenvalue weighted by molar-refractivity contribution is 6.39. The van der Waals surface area contributed by atoms with Gasteiger partial charge in [0, 0.05) is 6.04 Å². The van der Waals surface area contributed by atoms with Crippen molar-refractivity contribution in [2.45, 2.75) is 44.6 Å². The zero-order chi connectivity index (χ0) is 15.1. The lowest BCUT2D eigenvalue weighted by atomic mass is 10.1. The summed E-state index contributed by atoms with van der Waals surface area (Å²) in [6, 6.07) is 7.14. The second-order valence-electron chi connectivity index (χ2n) is 5.32. The molecule has 1 saturated carbocycles. The van der Waals surface area contributed by atoms with E-state index in [0.29, 0.717) is 11.4 Å². The average molecular weight is 290 g/mol. The molecule has 0 aliphatic heterocycles. The van der Waals surface area contributed by atoms with Crippen molar-refractivity contribution in [3.63, 3.8) is 0 Å². The van der Waals surface area contributed by atoms with Crippen molar-refractivity contribution < 1.29 is 14.3 Å². The Hall–Kier alpha value is -2.04. The molecule has 1 aromatic carbocycles. The number of hydrogen-bond acceptors (Lipinski definition) is 3. The first-order valence-electron chi connectivity index (χ1n) is 7.45. The van der Waals surface area contributed by atoms with Gasteiger partial charge >= 0.3 is 11.8 Å². The molecule has 1 aromatic rings. The molecule has 5 heteroatoms. The Morgan fingerprint density at radius 2 is 1.71 bits per heavy atom. The van der Waals surface area contributed by atoms with Crippen LogP contribution >= 0.6 is 0 Å². The molecule has 2 rings (SSSR count). The molecule has 2 amide bonds. The van der Waals surface area contributed by atoms with Crippen LogP contribution in [-0.4, -0.2) is 25.0 Å². The zero-order valence-electron chi connectivity index (χ0n) is 12.4. The molecule has 21 heavy (non-hydrogen) atoms. The Morgan fingerprint density at radius 1 is 1.05 bits per heavy atom. The second kappa shape index (κ2) is 7.67. The summed E-state index contributed by atoms with van der Waals surface area (Å²) < 4.78 is 5.15. The van der Waals surface area contributed by atoms with Crippen molar-refractivity contribution in [2.75, 3.05) is 12.4 Å². The molecular weight excluding hydrogens is 268 g/mol. The third kappa shape index (κ3) is 4.48. The number of benzene rings is 1. The molecule has 1 aliphatic rings. The van der Waals surface area contributed by atoms with Crippen LogP contribution in [0.3, 0.4) is 0 Å². The van der Waals surface area contributed by atoms with E-state index in [1.54, 1.807) is 24.3 Å². The van der Waals surface area contributed by atoms with Gasteiger partial charge in [-0.1, -0.05) is 37.8 Å². The Morgan fingerprint density at radius 3 is 2.38 bits per heavy atom. The third-order valence-electron chi connectivity index (χ3n) is 3.75. The number of carbonyl (C=O) groups is 2. The largest absolute Gasteiger partial charge is 0.495 e. The quantitative estimate of drug-likeness (QED) is 0.664. The number of amides is 2. The average Bonchev–Trinajstić information content (AvgIpc) is 2.76. The molecule has 0 aromatic heterocycles. The van der Waals surface area contributed by atoms with Crippen LogP contribution in [0.1, 0.15) is 38.5 Å². The number of nitrogens with one attached hydrogen (secondary N) is 2. The maximum Gasteiger partial charge on any atom is 0.313 e. The number of ether oxygens (including phenoxy) is 1. The minimum absolute atomic E-state index is 0.114. The molecular formula is C16H22N2O3. The molecule has 2 N–H and O–H groups in total. The fourth-order valence-electron chi connectivity index (χ4n) is 2.60. The maximum absolute atomic E-state index is 12.0. The van der Waals surface area contributed by atoms with Gasteiger partial charge in [0.25, 0.3) is 0 Å². The standard InChI is InChI=1S/C16H22N2O3/c1-21-14-11-7-6-10-13(14)18-16(20)15(19)17-12-8-4-2-3-5-9-12/h6-7,10-12H,2-5,8-9H2,1H3,(H,17,19)(H,18,20). The van der Waals surface area contributed by atoms with E-state index in [1.807, 2.05) is 0 Å². The van der Waals surface area contributed by atoms with E-state index >= 15 is 0 Å². The Bertz CT molecular complexity index is 494. The van der Waals surface area contributed by atoms with Crippen LogP contribution in [0.15, 0.2) is 24.3 Å². The number of hydrogen-bond donors (Lipinski definition) is 2. The smallest absolute Gasteiger partial charge is 0.313 e. The van der Waals surface area contributed by atoms with Gasteiger partial charge in [-0.05, 0) is 25.0 Å². The predicted octanol–water partition coefficient (Wildman–Crippen LogP) is 2.47. The lowest BCUT2D eigenvalue weighted by molar-refractivity contribution is -0.136. The predicted molar refractivity (Wildman–Crippen MR) is 81.3 cm³/mol. The molecule has 1 fully saturated rings. The molecule has 1 aliphatic carbocycles. The zero-order valence-corrected chi connectivity index (χ0v) is 12.4. The third-order valence-corrected chi connectivity index (χ3v) is 3.75. The van der Waals surface area contributed by atoms with Gasteiger partial charge in [-0.3, -0.25) is 9.59 Å². The van der Waals surface area contributed by atoms with Crippen LogP contribution < -0.4 is 15.4 Å². The van der Waals surface area contributed by atoms with E-state index in [-0.39, 0.29) is 6.04 Å². The molecule has 0 saturated heterocycles. The van der Waals surface area contributed by atoms with E-state index in [9.17, 15) is 9.59 Å². The normalized spacial score (nSPS) is 15.9. The van der Waals surface area contributed by atoms with E-state index in [4.69, 9.17) is 4.74 Å². The highest BCUT2D eigenvalue weighted by Crippen LogP contribution is 2.23. The summed E-state index contributed by atoms with van der Waals surface area (Å²) in [6.07, 6.45) is 6.54. The van der Waals surface area contributed by atoms with Crippen LogP contribution in [0.5, 0.6) is 5.75 Å². The van der Waals surface area contributed by atoms with Crippen molar-refractivity contribution in [1.29, 1.82) is 0 Å². The first kappa shape index (κ1) is 15.4. The lowest BCUT2D eigenvalue weighted by Gasteiger charge is -2.16. The fraction of sp³-hybridized carbons (Fsp3) is 0.500. The maximum atomic E-state index is 12.0. The van der Waals surface area contributed by atoms with Gasteiger partial charge in [0.2, 0.25) is 0 Å². The van der Waals surface area contributed by atoms with Gasteiger partial charge in [-0.15, -0.1) is 0 Å². The molecule has 114 valence electrons. The summed E-state index contributed by atoms with van der Waals surface area (Å²) in [5, 5.41) is 5.42. The molecule has 5 nitrogen and oxygen atoms in total. The van der Waals surface area contributed by atoms with Crippen LogP contribution in [0.25, 0.3) is 0 Å². The highest BCUT2D eigenvalue weighted by Gasteiger charge is 2.20. The van der Waals surface area contributed by atoms with Crippen LogP contribution in [0, 0.1) is 0 Å². The summed E-state index contributed by atoms with van der Waals surface area (Å²) in [4.78, 5) is 23.9. The number of anilines is 1. The highest BCUT2D eigenvalue weighted by atomic mass is 16.5. The Balaban J connectivity index is 1.91. The van der Waals surface area contributed by atoms with Gasteiger partial charge in [-0.25, -0.2) is 0 Å². The van der Waals surface area contributed by atoms with E-state index in [1.165, 1.54) is 20.0 Å². The van der Waals surface area contributed by atoms with E-state index in [0.717, 1.165) is 25.7 Å².